The first kappa shape index (κ1) is 18.6. The molecule has 4 aromatic rings. The van der Waals surface area contributed by atoms with Gasteiger partial charge in [0, 0.05) is 21.9 Å². The number of aromatic amines is 1. The molecule has 0 bridgehead atoms. The van der Waals surface area contributed by atoms with Crippen LogP contribution in [-0.2, 0) is 0 Å². The van der Waals surface area contributed by atoms with Gasteiger partial charge in [0.1, 0.15) is 5.75 Å². The number of aromatic nitrogens is 1. The summed E-state index contributed by atoms with van der Waals surface area (Å²) in [4.78, 5) is 3.64. The quantitative estimate of drug-likeness (QED) is 0.339. The van der Waals surface area contributed by atoms with E-state index in [-0.39, 0.29) is 0 Å². The van der Waals surface area contributed by atoms with E-state index in [1.165, 1.54) is 46.7 Å². The zero-order valence-corrected chi connectivity index (χ0v) is 16.9. The van der Waals surface area contributed by atoms with Crippen LogP contribution in [0.3, 0.4) is 0 Å². The molecule has 1 atom stereocenters. The smallest absolute Gasteiger partial charge is 0.129 e. The highest BCUT2D eigenvalue weighted by atomic mass is 16.5. The van der Waals surface area contributed by atoms with Crippen molar-refractivity contribution in [2.45, 2.75) is 39.5 Å². The van der Waals surface area contributed by atoms with Gasteiger partial charge in [0.05, 0.1) is 12.1 Å². The molecule has 1 unspecified atom stereocenters. The van der Waals surface area contributed by atoms with Gasteiger partial charge in [-0.1, -0.05) is 81.6 Å². The molecule has 3 aromatic carbocycles. The van der Waals surface area contributed by atoms with Gasteiger partial charge in [0.2, 0.25) is 0 Å². The molecule has 0 amide bonds. The van der Waals surface area contributed by atoms with E-state index in [1.54, 1.807) is 0 Å². The largest absolute Gasteiger partial charge is 0.493 e. The zero-order chi connectivity index (χ0) is 19.3. The molecule has 0 fully saturated rings. The summed E-state index contributed by atoms with van der Waals surface area (Å²) in [5, 5.41) is 2.51. The fourth-order valence-corrected chi connectivity index (χ4v) is 4.02. The van der Waals surface area contributed by atoms with Crippen LogP contribution in [0.15, 0.2) is 66.7 Å². The van der Waals surface area contributed by atoms with Crippen LogP contribution in [0.25, 0.3) is 32.9 Å². The molecule has 0 aliphatic heterocycles. The first-order valence-corrected chi connectivity index (χ1v) is 10.5. The van der Waals surface area contributed by atoms with Gasteiger partial charge in [0.25, 0.3) is 0 Å². The van der Waals surface area contributed by atoms with Crippen LogP contribution in [-0.4, -0.2) is 11.6 Å². The van der Waals surface area contributed by atoms with E-state index in [1.807, 2.05) is 0 Å². The fourth-order valence-electron chi connectivity index (χ4n) is 4.02. The van der Waals surface area contributed by atoms with Crippen LogP contribution in [0.2, 0.25) is 0 Å². The summed E-state index contributed by atoms with van der Waals surface area (Å²) in [6, 6.07) is 23.4. The number of rotatable bonds is 8. The van der Waals surface area contributed by atoms with Crippen molar-refractivity contribution in [1.29, 1.82) is 0 Å². The van der Waals surface area contributed by atoms with E-state index >= 15 is 0 Å². The molecule has 1 aromatic heterocycles. The molecule has 0 saturated carbocycles. The Labute approximate surface area is 167 Å². The summed E-state index contributed by atoms with van der Waals surface area (Å²) in [6.45, 7) is 5.30. The SMILES string of the molecule is CCCCC(CC)COc1ccc2c([nH]c3ccccc32)c1-c1ccccc1. The van der Waals surface area contributed by atoms with Crippen molar-refractivity contribution in [1.82, 2.24) is 4.98 Å². The number of H-pyrrole nitrogens is 1. The Kier molecular flexibility index (Phi) is 5.66. The number of benzene rings is 3. The fraction of sp³-hybridized carbons (Fsp3) is 0.308. The number of hydrogen-bond donors (Lipinski definition) is 1. The number of unbranched alkanes of at least 4 members (excludes halogenated alkanes) is 1. The Bertz CT molecular complexity index is 1050. The van der Waals surface area contributed by atoms with Crippen molar-refractivity contribution in [3.05, 3.63) is 66.7 Å². The van der Waals surface area contributed by atoms with Crippen LogP contribution >= 0.6 is 0 Å². The molecule has 0 saturated heterocycles. The predicted octanol–water partition coefficient (Wildman–Crippen LogP) is 7.58. The molecule has 2 heteroatoms. The van der Waals surface area contributed by atoms with E-state index < -0.39 is 0 Å². The lowest BCUT2D eigenvalue weighted by atomic mass is 9.99. The third-order valence-corrected chi connectivity index (χ3v) is 5.72. The molecule has 1 heterocycles. The zero-order valence-electron chi connectivity index (χ0n) is 16.9. The van der Waals surface area contributed by atoms with E-state index in [4.69, 9.17) is 4.74 Å². The van der Waals surface area contributed by atoms with Crippen molar-refractivity contribution in [3.8, 4) is 16.9 Å². The van der Waals surface area contributed by atoms with Crippen LogP contribution in [0.1, 0.15) is 39.5 Å². The molecule has 144 valence electrons. The molecule has 2 nitrogen and oxygen atoms in total. The van der Waals surface area contributed by atoms with Crippen molar-refractivity contribution in [3.63, 3.8) is 0 Å². The third kappa shape index (κ3) is 3.64. The summed E-state index contributed by atoms with van der Waals surface area (Å²) in [5.74, 6) is 1.59. The molecule has 1 N–H and O–H groups in total. The summed E-state index contributed by atoms with van der Waals surface area (Å²) >= 11 is 0. The Morgan fingerprint density at radius 1 is 0.857 bits per heavy atom. The number of ether oxygens (including phenoxy) is 1. The van der Waals surface area contributed by atoms with Crippen LogP contribution in [0.5, 0.6) is 5.75 Å². The first-order valence-electron chi connectivity index (χ1n) is 10.5. The van der Waals surface area contributed by atoms with Crippen LogP contribution in [0, 0.1) is 5.92 Å². The Morgan fingerprint density at radius 2 is 1.64 bits per heavy atom. The predicted molar refractivity (Wildman–Crippen MR) is 120 cm³/mol. The lowest BCUT2D eigenvalue weighted by Crippen LogP contribution is -2.11. The van der Waals surface area contributed by atoms with Gasteiger partial charge in [-0.2, -0.15) is 0 Å². The van der Waals surface area contributed by atoms with Gasteiger partial charge < -0.3 is 9.72 Å². The minimum atomic E-state index is 0.613. The Hall–Kier alpha value is -2.74. The van der Waals surface area contributed by atoms with Gasteiger partial charge in [-0.15, -0.1) is 0 Å². The van der Waals surface area contributed by atoms with Gasteiger partial charge in [-0.3, -0.25) is 0 Å². The average Bonchev–Trinajstić information content (AvgIpc) is 3.13. The number of hydrogen-bond acceptors (Lipinski definition) is 1. The van der Waals surface area contributed by atoms with Gasteiger partial charge in [-0.05, 0) is 36.1 Å². The molecular weight excluding hydrogens is 342 g/mol. The third-order valence-electron chi connectivity index (χ3n) is 5.72. The average molecular weight is 372 g/mol. The summed E-state index contributed by atoms with van der Waals surface area (Å²) in [5.41, 5.74) is 4.68. The van der Waals surface area contributed by atoms with Crippen LogP contribution < -0.4 is 4.74 Å². The maximum absolute atomic E-state index is 6.43. The molecule has 0 spiro atoms. The molecule has 0 aliphatic carbocycles. The number of nitrogens with one attached hydrogen (secondary N) is 1. The van der Waals surface area contributed by atoms with E-state index in [0.717, 1.165) is 24.3 Å². The highest BCUT2D eigenvalue weighted by Gasteiger charge is 2.16. The summed E-state index contributed by atoms with van der Waals surface area (Å²) < 4.78 is 6.43. The maximum Gasteiger partial charge on any atom is 0.129 e. The van der Waals surface area contributed by atoms with Crippen LogP contribution in [0.4, 0.5) is 0 Å². The Balaban J connectivity index is 1.78. The van der Waals surface area contributed by atoms with Gasteiger partial charge >= 0.3 is 0 Å². The van der Waals surface area contributed by atoms with Crippen molar-refractivity contribution < 1.29 is 4.74 Å². The lowest BCUT2D eigenvalue weighted by Gasteiger charge is -2.18. The summed E-state index contributed by atoms with van der Waals surface area (Å²) in [7, 11) is 0. The lowest BCUT2D eigenvalue weighted by molar-refractivity contribution is 0.234. The Morgan fingerprint density at radius 3 is 2.43 bits per heavy atom. The highest BCUT2D eigenvalue weighted by Crippen LogP contribution is 2.39. The maximum atomic E-state index is 6.43. The molecule has 28 heavy (non-hydrogen) atoms. The van der Waals surface area contributed by atoms with Crippen molar-refractivity contribution >= 4 is 21.8 Å². The summed E-state index contributed by atoms with van der Waals surface area (Å²) in [6.07, 6.45) is 4.92. The highest BCUT2D eigenvalue weighted by molar-refractivity contribution is 6.13. The number of para-hydroxylation sites is 1. The van der Waals surface area contributed by atoms with Gasteiger partial charge in [-0.25, -0.2) is 0 Å². The second kappa shape index (κ2) is 8.52. The minimum absolute atomic E-state index is 0.613. The molecule has 0 aliphatic rings. The van der Waals surface area contributed by atoms with Crippen molar-refractivity contribution in [2.24, 2.45) is 5.92 Å². The van der Waals surface area contributed by atoms with E-state index in [9.17, 15) is 0 Å². The number of fused-ring (bicyclic) bond motifs is 3. The van der Waals surface area contributed by atoms with E-state index in [0.29, 0.717) is 5.92 Å². The van der Waals surface area contributed by atoms with Crippen molar-refractivity contribution in [2.75, 3.05) is 6.61 Å². The standard InChI is InChI=1S/C26H29NO/c1-3-5-11-19(4-2)18-28-24-17-16-22-21-14-9-10-15-23(21)27-26(22)25(24)20-12-7-6-8-13-20/h6-10,12-17,19,27H,3-5,11,18H2,1-2H3. The van der Waals surface area contributed by atoms with Gasteiger partial charge in [0.15, 0.2) is 0 Å². The first-order chi connectivity index (χ1) is 13.8. The topological polar surface area (TPSA) is 25.0 Å². The minimum Gasteiger partial charge on any atom is -0.493 e. The second-order valence-corrected chi connectivity index (χ2v) is 7.63. The normalized spacial score (nSPS) is 12.5. The molecule has 4 rings (SSSR count). The monoisotopic (exact) mass is 371 g/mol. The van der Waals surface area contributed by atoms with E-state index in [2.05, 4.69) is 85.6 Å². The molecule has 0 radical (unpaired) electrons. The molecular formula is C26H29NO. The second-order valence-electron chi connectivity index (χ2n) is 7.63.